The second-order valence-corrected chi connectivity index (χ2v) is 7.10. The first-order valence-corrected chi connectivity index (χ1v) is 8.84. The molecule has 5 nitrogen and oxygen atoms in total. The van der Waals surface area contributed by atoms with Crippen LogP contribution in [0.1, 0.15) is 24.2 Å². The van der Waals surface area contributed by atoms with Gasteiger partial charge in [0.1, 0.15) is 0 Å². The average Bonchev–Trinajstić information content (AvgIpc) is 2.91. The minimum absolute atomic E-state index is 0.0773. The molecule has 0 aliphatic rings. The number of anilines is 1. The zero-order chi connectivity index (χ0) is 18.0. The van der Waals surface area contributed by atoms with Crippen LogP contribution >= 0.6 is 11.8 Å². The van der Waals surface area contributed by atoms with Gasteiger partial charge in [0.25, 0.3) is 0 Å². The predicted molar refractivity (Wildman–Crippen MR) is 101 cm³/mol. The van der Waals surface area contributed by atoms with Gasteiger partial charge < -0.3 is 9.88 Å². The minimum atomic E-state index is -0.351. The van der Waals surface area contributed by atoms with Gasteiger partial charge in [0.2, 0.25) is 5.91 Å². The molecule has 1 heterocycles. The summed E-state index contributed by atoms with van der Waals surface area (Å²) in [6, 6.07) is 14.9. The van der Waals surface area contributed by atoms with Crippen LogP contribution < -0.4 is 5.32 Å². The van der Waals surface area contributed by atoms with Crippen molar-refractivity contribution in [1.29, 1.82) is 0 Å². The number of hydrogen-bond donors (Lipinski definition) is 1. The Labute approximate surface area is 150 Å². The van der Waals surface area contributed by atoms with Crippen LogP contribution in [-0.4, -0.2) is 26.5 Å². The number of nitrogens with zero attached hydrogens (tertiary/aromatic N) is 2. The number of fused-ring (bicyclic) bond motifs is 1. The van der Waals surface area contributed by atoms with E-state index in [2.05, 4.69) is 10.3 Å². The number of rotatable bonds is 5. The maximum absolute atomic E-state index is 12.5. The highest BCUT2D eigenvalue weighted by atomic mass is 32.2. The van der Waals surface area contributed by atoms with Crippen molar-refractivity contribution >= 4 is 40.2 Å². The number of amides is 1. The van der Waals surface area contributed by atoms with Gasteiger partial charge in [0, 0.05) is 12.6 Å². The number of para-hydroxylation sites is 3. The Bertz CT molecular complexity index is 949. The van der Waals surface area contributed by atoms with Gasteiger partial charge in [-0.25, -0.2) is 4.98 Å². The third-order valence-electron chi connectivity index (χ3n) is 3.96. The van der Waals surface area contributed by atoms with Gasteiger partial charge >= 0.3 is 0 Å². The fourth-order valence-electron chi connectivity index (χ4n) is 2.57. The Hall–Kier alpha value is -2.60. The van der Waals surface area contributed by atoms with E-state index < -0.39 is 0 Å². The lowest BCUT2D eigenvalue weighted by atomic mass is 10.1. The highest BCUT2D eigenvalue weighted by Crippen LogP contribution is 2.27. The van der Waals surface area contributed by atoms with Gasteiger partial charge in [-0.2, -0.15) is 0 Å². The predicted octanol–water partition coefficient (Wildman–Crippen LogP) is 3.90. The molecular weight excluding hydrogens is 334 g/mol. The molecule has 0 radical (unpaired) electrons. The van der Waals surface area contributed by atoms with Crippen molar-refractivity contribution < 1.29 is 9.59 Å². The highest BCUT2D eigenvalue weighted by molar-refractivity contribution is 8.00. The Morgan fingerprint density at radius 2 is 1.80 bits per heavy atom. The van der Waals surface area contributed by atoms with Crippen molar-refractivity contribution in [2.75, 3.05) is 5.32 Å². The Morgan fingerprint density at radius 1 is 1.12 bits per heavy atom. The molecule has 0 aliphatic carbocycles. The second-order valence-electron chi connectivity index (χ2n) is 5.79. The van der Waals surface area contributed by atoms with Gasteiger partial charge in [-0.05, 0) is 38.1 Å². The maximum atomic E-state index is 12.5. The molecule has 3 aromatic rings. The maximum Gasteiger partial charge on any atom is 0.237 e. The molecule has 3 rings (SSSR count). The molecule has 0 unspecified atom stereocenters. The van der Waals surface area contributed by atoms with Gasteiger partial charge in [-0.15, -0.1) is 0 Å². The largest absolute Gasteiger partial charge is 0.324 e. The summed E-state index contributed by atoms with van der Waals surface area (Å²) in [5.41, 5.74) is 2.98. The van der Waals surface area contributed by atoms with Crippen LogP contribution in [0.15, 0.2) is 53.7 Å². The zero-order valence-corrected chi connectivity index (χ0v) is 15.1. The summed E-state index contributed by atoms with van der Waals surface area (Å²) < 4.78 is 1.98. The number of thioether (sulfide) groups is 1. The van der Waals surface area contributed by atoms with E-state index in [9.17, 15) is 9.59 Å². The van der Waals surface area contributed by atoms with E-state index in [4.69, 9.17) is 0 Å². The lowest BCUT2D eigenvalue weighted by molar-refractivity contribution is -0.115. The number of imidazole rings is 1. The molecule has 1 amide bonds. The molecular formula is C19H19N3O2S. The van der Waals surface area contributed by atoms with Crippen LogP contribution in [0.4, 0.5) is 5.69 Å². The number of carbonyl (C=O) groups is 2. The SMILES string of the molecule is CC(=O)c1ccccc1NC(=O)[C@H](C)Sc1nc2ccccc2n1C. The lowest BCUT2D eigenvalue weighted by Gasteiger charge is -2.13. The Balaban J connectivity index is 1.77. The van der Waals surface area contributed by atoms with Crippen LogP contribution in [-0.2, 0) is 11.8 Å². The van der Waals surface area contributed by atoms with E-state index >= 15 is 0 Å². The number of benzene rings is 2. The topological polar surface area (TPSA) is 64.0 Å². The van der Waals surface area contributed by atoms with Crippen LogP contribution in [0.25, 0.3) is 11.0 Å². The van der Waals surface area contributed by atoms with E-state index in [1.165, 1.54) is 18.7 Å². The molecule has 0 saturated carbocycles. The molecule has 0 aliphatic heterocycles. The van der Waals surface area contributed by atoms with Gasteiger partial charge in [0.15, 0.2) is 10.9 Å². The molecule has 128 valence electrons. The highest BCUT2D eigenvalue weighted by Gasteiger charge is 2.19. The van der Waals surface area contributed by atoms with Crippen molar-refractivity contribution in [1.82, 2.24) is 9.55 Å². The fraction of sp³-hybridized carbons (Fsp3) is 0.211. The number of hydrogen-bond acceptors (Lipinski definition) is 4. The third-order valence-corrected chi connectivity index (χ3v) is 5.11. The van der Waals surface area contributed by atoms with E-state index in [1.807, 2.05) is 42.8 Å². The molecule has 0 fully saturated rings. The minimum Gasteiger partial charge on any atom is -0.324 e. The van der Waals surface area contributed by atoms with Crippen molar-refractivity contribution in [3.63, 3.8) is 0 Å². The fourth-order valence-corrected chi connectivity index (χ4v) is 3.46. The number of nitrogens with one attached hydrogen (secondary N) is 1. The Morgan fingerprint density at radius 3 is 2.52 bits per heavy atom. The van der Waals surface area contributed by atoms with E-state index in [0.717, 1.165) is 16.2 Å². The Kier molecular flexibility index (Phi) is 4.90. The van der Waals surface area contributed by atoms with Crippen LogP contribution in [0.2, 0.25) is 0 Å². The lowest BCUT2D eigenvalue weighted by Crippen LogP contribution is -2.23. The number of ketones is 1. The third kappa shape index (κ3) is 3.58. The van der Waals surface area contributed by atoms with Gasteiger partial charge in [0.05, 0.1) is 22.0 Å². The molecule has 2 aromatic carbocycles. The normalized spacial score (nSPS) is 12.1. The molecule has 6 heteroatoms. The second kappa shape index (κ2) is 7.11. The van der Waals surface area contributed by atoms with E-state index in [1.54, 1.807) is 24.3 Å². The first kappa shape index (κ1) is 17.2. The number of carbonyl (C=O) groups excluding carboxylic acids is 2. The molecule has 25 heavy (non-hydrogen) atoms. The molecule has 0 spiro atoms. The first-order valence-electron chi connectivity index (χ1n) is 7.96. The summed E-state index contributed by atoms with van der Waals surface area (Å²) in [5, 5.41) is 3.28. The summed E-state index contributed by atoms with van der Waals surface area (Å²) in [4.78, 5) is 28.8. The molecule has 1 atom stereocenters. The van der Waals surface area contributed by atoms with Crippen molar-refractivity contribution in [3.05, 3.63) is 54.1 Å². The summed E-state index contributed by atoms with van der Waals surface area (Å²) in [6.07, 6.45) is 0. The summed E-state index contributed by atoms with van der Waals surface area (Å²) in [5.74, 6) is -0.239. The van der Waals surface area contributed by atoms with Gasteiger partial charge in [-0.3, -0.25) is 9.59 Å². The van der Waals surface area contributed by atoms with Crippen molar-refractivity contribution in [3.8, 4) is 0 Å². The average molecular weight is 353 g/mol. The first-order chi connectivity index (χ1) is 12.0. The molecule has 0 bridgehead atoms. The zero-order valence-electron chi connectivity index (χ0n) is 14.3. The standard InChI is InChI=1S/C19H19N3O2S/c1-12(23)14-8-4-5-9-15(14)20-18(24)13(2)25-19-21-16-10-6-7-11-17(16)22(19)3/h4-11,13H,1-3H3,(H,20,24)/t13-/m0/s1. The van der Waals surface area contributed by atoms with Crippen molar-refractivity contribution in [2.45, 2.75) is 24.3 Å². The molecule has 1 aromatic heterocycles. The van der Waals surface area contributed by atoms with Crippen LogP contribution in [0.3, 0.4) is 0 Å². The molecule has 0 saturated heterocycles. The summed E-state index contributed by atoms with van der Waals surface area (Å²) in [6.45, 7) is 3.32. The number of Topliss-reactive ketones (excluding diaryl/α,β-unsaturated/α-hetero) is 1. The van der Waals surface area contributed by atoms with E-state index in [0.29, 0.717) is 11.3 Å². The number of aryl methyl sites for hydroxylation is 1. The summed E-state index contributed by atoms with van der Waals surface area (Å²) in [7, 11) is 1.94. The number of aromatic nitrogens is 2. The smallest absolute Gasteiger partial charge is 0.237 e. The quantitative estimate of drug-likeness (QED) is 0.558. The van der Waals surface area contributed by atoms with Crippen LogP contribution in [0.5, 0.6) is 0 Å². The summed E-state index contributed by atoms with van der Waals surface area (Å²) >= 11 is 1.39. The van der Waals surface area contributed by atoms with Crippen LogP contribution in [0, 0.1) is 0 Å². The van der Waals surface area contributed by atoms with E-state index in [-0.39, 0.29) is 16.9 Å². The molecule has 1 N–H and O–H groups in total. The monoisotopic (exact) mass is 353 g/mol. The van der Waals surface area contributed by atoms with Crippen molar-refractivity contribution in [2.24, 2.45) is 7.05 Å². The van der Waals surface area contributed by atoms with Gasteiger partial charge in [-0.1, -0.05) is 36.0 Å².